The SMILES string of the molecule is CCCCCC/C=C/CCCCCCCCCCCC(=O)OC[C@@H](COP(=O)(O)OC[C@@H](N)C(=O)O)OC(=O)CCCCCCCCCC. The summed E-state index contributed by atoms with van der Waals surface area (Å²) in [5, 5.41) is 8.84. The van der Waals surface area contributed by atoms with Crippen molar-refractivity contribution >= 4 is 25.7 Å². The molecule has 0 aromatic rings. The van der Waals surface area contributed by atoms with Gasteiger partial charge in [0, 0.05) is 12.8 Å². The summed E-state index contributed by atoms with van der Waals surface area (Å²) in [5.41, 5.74) is 5.30. The van der Waals surface area contributed by atoms with Crippen LogP contribution in [0.25, 0.3) is 0 Å². The van der Waals surface area contributed by atoms with Gasteiger partial charge in [-0.15, -0.1) is 0 Å². The molecule has 0 aliphatic rings. The monoisotopic (exact) mass is 719 g/mol. The average Bonchev–Trinajstić information content (AvgIpc) is 3.07. The van der Waals surface area contributed by atoms with Crippen LogP contribution in [-0.2, 0) is 37.5 Å². The second-order valence-corrected chi connectivity index (χ2v) is 14.5. The first-order valence-corrected chi connectivity index (χ1v) is 20.7. The van der Waals surface area contributed by atoms with Crippen LogP contribution in [0.3, 0.4) is 0 Å². The summed E-state index contributed by atoms with van der Waals surface area (Å²) in [6.07, 6.45) is 30.1. The summed E-state index contributed by atoms with van der Waals surface area (Å²) in [6.45, 7) is 2.74. The molecule has 0 saturated carbocycles. The minimum absolute atomic E-state index is 0.163. The van der Waals surface area contributed by atoms with E-state index in [1.807, 2.05) is 0 Å². The number of phosphoric ester groups is 1. The topological polar surface area (TPSA) is 172 Å². The van der Waals surface area contributed by atoms with Crippen molar-refractivity contribution < 1.29 is 47.5 Å². The number of nitrogens with two attached hydrogens (primary N) is 1. The predicted octanol–water partition coefficient (Wildman–Crippen LogP) is 9.34. The molecule has 0 radical (unpaired) electrons. The summed E-state index contributed by atoms with van der Waals surface area (Å²) in [7, 11) is -4.70. The maximum Gasteiger partial charge on any atom is 0.472 e. The van der Waals surface area contributed by atoms with Gasteiger partial charge in [0.15, 0.2) is 6.10 Å². The Balaban J connectivity index is 4.31. The van der Waals surface area contributed by atoms with Crippen LogP contribution in [0.2, 0.25) is 0 Å². The lowest BCUT2D eigenvalue weighted by atomic mass is 10.1. The molecule has 11 nitrogen and oxygen atoms in total. The molecule has 49 heavy (non-hydrogen) atoms. The first kappa shape index (κ1) is 47.2. The molecule has 0 spiro atoms. The van der Waals surface area contributed by atoms with Crippen molar-refractivity contribution in [1.82, 2.24) is 0 Å². The first-order chi connectivity index (χ1) is 23.6. The lowest BCUT2D eigenvalue weighted by Gasteiger charge is -2.20. The highest BCUT2D eigenvalue weighted by molar-refractivity contribution is 7.47. The predicted molar refractivity (Wildman–Crippen MR) is 194 cm³/mol. The van der Waals surface area contributed by atoms with Crippen molar-refractivity contribution in [2.75, 3.05) is 19.8 Å². The van der Waals surface area contributed by atoms with E-state index in [9.17, 15) is 23.8 Å². The number of rotatable bonds is 36. The highest BCUT2D eigenvalue weighted by atomic mass is 31.2. The first-order valence-electron chi connectivity index (χ1n) is 19.2. The van der Waals surface area contributed by atoms with Gasteiger partial charge in [0.05, 0.1) is 13.2 Å². The van der Waals surface area contributed by atoms with E-state index in [0.29, 0.717) is 12.8 Å². The third-order valence-corrected chi connectivity index (χ3v) is 9.21. The summed E-state index contributed by atoms with van der Waals surface area (Å²) in [4.78, 5) is 45.6. The Morgan fingerprint density at radius 1 is 0.612 bits per heavy atom. The van der Waals surface area contributed by atoms with Crippen molar-refractivity contribution in [3.8, 4) is 0 Å². The van der Waals surface area contributed by atoms with Gasteiger partial charge in [-0.05, 0) is 38.5 Å². The lowest BCUT2D eigenvalue weighted by molar-refractivity contribution is -0.161. The molecule has 12 heteroatoms. The van der Waals surface area contributed by atoms with Crippen LogP contribution in [0.4, 0.5) is 0 Å². The van der Waals surface area contributed by atoms with Gasteiger partial charge in [0.2, 0.25) is 0 Å². The Hall–Kier alpha value is -1.78. The van der Waals surface area contributed by atoms with E-state index in [1.165, 1.54) is 96.3 Å². The molecule has 0 amide bonds. The van der Waals surface area contributed by atoms with E-state index < -0.39 is 51.1 Å². The van der Waals surface area contributed by atoms with Crippen molar-refractivity contribution in [3.05, 3.63) is 12.2 Å². The molecule has 3 atom stereocenters. The number of unbranched alkanes of at least 4 members (excludes halogenated alkanes) is 20. The zero-order valence-corrected chi connectivity index (χ0v) is 31.7. The molecule has 0 saturated heterocycles. The summed E-state index contributed by atoms with van der Waals surface area (Å²) >= 11 is 0. The minimum atomic E-state index is -4.70. The summed E-state index contributed by atoms with van der Waals surface area (Å²) in [5.74, 6) is -2.38. The van der Waals surface area contributed by atoms with Gasteiger partial charge < -0.3 is 25.2 Å². The maximum atomic E-state index is 12.5. The molecular formula is C37H70NO10P. The normalized spacial score (nSPS) is 14.0. The molecule has 0 aliphatic carbocycles. The number of carbonyl (C=O) groups excluding carboxylic acids is 2. The second kappa shape index (κ2) is 33.4. The van der Waals surface area contributed by atoms with Crippen molar-refractivity contribution in [2.24, 2.45) is 5.73 Å². The van der Waals surface area contributed by atoms with Gasteiger partial charge >= 0.3 is 25.7 Å². The molecule has 1 unspecified atom stereocenters. The number of carboxylic acid groups (broad SMARTS) is 1. The fourth-order valence-corrected chi connectivity index (χ4v) is 5.95. The molecular weight excluding hydrogens is 649 g/mol. The van der Waals surface area contributed by atoms with E-state index in [4.69, 9.17) is 24.8 Å². The number of ether oxygens (including phenoxy) is 2. The number of hydrogen-bond donors (Lipinski definition) is 3. The van der Waals surface area contributed by atoms with Crippen LogP contribution >= 0.6 is 7.82 Å². The minimum Gasteiger partial charge on any atom is -0.480 e. The molecule has 0 rings (SSSR count). The number of phosphoric acid groups is 1. The van der Waals surface area contributed by atoms with E-state index in [2.05, 4.69) is 30.5 Å². The van der Waals surface area contributed by atoms with Crippen LogP contribution in [0.15, 0.2) is 12.2 Å². The van der Waals surface area contributed by atoms with E-state index >= 15 is 0 Å². The number of carboxylic acids is 1. The van der Waals surface area contributed by atoms with Crippen molar-refractivity contribution in [2.45, 2.75) is 187 Å². The summed E-state index contributed by atoms with van der Waals surface area (Å²) < 4.78 is 32.5. The fourth-order valence-electron chi connectivity index (χ4n) is 5.18. The molecule has 4 N–H and O–H groups in total. The van der Waals surface area contributed by atoms with E-state index in [0.717, 1.165) is 38.5 Å². The van der Waals surface area contributed by atoms with E-state index in [-0.39, 0.29) is 19.4 Å². The third-order valence-electron chi connectivity index (χ3n) is 8.26. The standard InChI is InChI=1S/C37H70NO10P/c1-3-5-7-9-11-13-14-15-16-17-18-19-20-21-23-24-26-28-35(39)45-30-33(31-46-49(43,44)47-32-34(38)37(41)42)48-36(40)29-27-25-22-12-10-8-6-4-2/h13-14,33-34H,3-12,15-32,38H2,1-2H3,(H,41,42)(H,43,44)/b14-13+/t33-,34+/m0/s1. The van der Waals surface area contributed by atoms with Gasteiger partial charge in [0.1, 0.15) is 12.6 Å². The zero-order valence-electron chi connectivity index (χ0n) is 30.8. The molecule has 0 aliphatic heterocycles. The largest absolute Gasteiger partial charge is 0.480 e. The zero-order chi connectivity index (χ0) is 36.4. The summed E-state index contributed by atoms with van der Waals surface area (Å²) in [6, 6.07) is -1.52. The van der Waals surface area contributed by atoms with E-state index in [1.54, 1.807) is 0 Å². The van der Waals surface area contributed by atoms with Gasteiger partial charge in [-0.25, -0.2) is 4.57 Å². The van der Waals surface area contributed by atoms with Crippen molar-refractivity contribution in [3.63, 3.8) is 0 Å². The fraction of sp³-hybridized carbons (Fsp3) is 0.865. The molecule has 0 fully saturated rings. The van der Waals surface area contributed by atoms with Crippen LogP contribution in [0.5, 0.6) is 0 Å². The maximum absolute atomic E-state index is 12.5. The average molecular weight is 720 g/mol. The third kappa shape index (κ3) is 33.1. The highest BCUT2D eigenvalue weighted by Crippen LogP contribution is 2.43. The molecule has 0 aromatic carbocycles. The van der Waals surface area contributed by atoms with Gasteiger partial charge in [0.25, 0.3) is 0 Å². The van der Waals surface area contributed by atoms with Gasteiger partial charge in [-0.3, -0.25) is 23.4 Å². The Morgan fingerprint density at radius 2 is 1.02 bits per heavy atom. The number of esters is 2. The lowest BCUT2D eigenvalue weighted by Crippen LogP contribution is -2.34. The van der Waals surface area contributed by atoms with Crippen LogP contribution in [0, 0.1) is 0 Å². The van der Waals surface area contributed by atoms with Gasteiger partial charge in [-0.1, -0.05) is 135 Å². The number of aliphatic carboxylic acids is 1. The van der Waals surface area contributed by atoms with Crippen molar-refractivity contribution in [1.29, 1.82) is 0 Å². The number of hydrogen-bond acceptors (Lipinski definition) is 9. The smallest absolute Gasteiger partial charge is 0.472 e. The van der Waals surface area contributed by atoms with Crippen LogP contribution in [0.1, 0.15) is 174 Å². The number of carbonyl (C=O) groups is 3. The Morgan fingerprint density at radius 3 is 1.51 bits per heavy atom. The number of allylic oxidation sites excluding steroid dienone is 2. The Bertz CT molecular complexity index is 900. The molecule has 0 bridgehead atoms. The molecule has 0 aromatic heterocycles. The van der Waals surface area contributed by atoms with Crippen LogP contribution in [-0.4, -0.2) is 59.9 Å². The molecule has 0 heterocycles. The molecule has 288 valence electrons. The quantitative estimate of drug-likeness (QED) is 0.0244. The Kier molecular flexibility index (Phi) is 32.2. The van der Waals surface area contributed by atoms with Crippen LogP contribution < -0.4 is 5.73 Å². The van der Waals surface area contributed by atoms with Gasteiger partial charge in [-0.2, -0.15) is 0 Å². The second-order valence-electron chi connectivity index (χ2n) is 13.1. The highest BCUT2D eigenvalue weighted by Gasteiger charge is 2.28. The Labute approximate surface area is 297 Å².